The van der Waals surface area contributed by atoms with Crippen LogP contribution in [-0.4, -0.2) is 17.3 Å². The standard InChI is InChI=1S/C11H15NO3/c1-7-5-3-4-6-9(7)10(13)8(2)15-11(12)14/h3-6,8,10,13H,1-2H3,(H2,12,14)/t8-,10+/m1/s1. The number of hydrogen-bond donors (Lipinski definition) is 2. The van der Waals surface area contributed by atoms with Crippen molar-refractivity contribution < 1.29 is 14.6 Å². The average molecular weight is 209 g/mol. The highest BCUT2D eigenvalue weighted by Gasteiger charge is 2.20. The zero-order valence-corrected chi connectivity index (χ0v) is 8.81. The molecule has 2 atom stereocenters. The Morgan fingerprint density at radius 1 is 1.47 bits per heavy atom. The first-order valence-electron chi connectivity index (χ1n) is 4.72. The molecule has 0 heterocycles. The van der Waals surface area contributed by atoms with Crippen molar-refractivity contribution in [2.45, 2.75) is 26.1 Å². The maximum Gasteiger partial charge on any atom is 0.404 e. The van der Waals surface area contributed by atoms with Gasteiger partial charge >= 0.3 is 6.09 Å². The Balaban J connectivity index is 2.80. The number of primary amides is 1. The number of amides is 1. The summed E-state index contributed by atoms with van der Waals surface area (Å²) in [5, 5.41) is 9.89. The van der Waals surface area contributed by atoms with Crippen LogP contribution in [0.2, 0.25) is 0 Å². The predicted octanol–water partition coefficient (Wildman–Crippen LogP) is 1.51. The van der Waals surface area contributed by atoms with Crippen molar-refractivity contribution in [3.05, 3.63) is 35.4 Å². The molecule has 1 amide bonds. The third kappa shape index (κ3) is 2.95. The van der Waals surface area contributed by atoms with Gasteiger partial charge in [0.15, 0.2) is 0 Å². The van der Waals surface area contributed by atoms with Crippen LogP contribution in [0, 0.1) is 6.92 Å². The highest BCUT2D eigenvalue weighted by molar-refractivity contribution is 5.64. The molecule has 0 aliphatic heterocycles. The molecule has 0 radical (unpaired) electrons. The van der Waals surface area contributed by atoms with E-state index in [-0.39, 0.29) is 0 Å². The van der Waals surface area contributed by atoms with Crippen molar-refractivity contribution in [3.63, 3.8) is 0 Å². The molecule has 0 fully saturated rings. The molecular formula is C11H15NO3. The van der Waals surface area contributed by atoms with Gasteiger partial charge in [0.25, 0.3) is 0 Å². The van der Waals surface area contributed by atoms with Gasteiger partial charge in [0.1, 0.15) is 12.2 Å². The third-order valence-electron chi connectivity index (χ3n) is 2.25. The lowest BCUT2D eigenvalue weighted by Gasteiger charge is -2.20. The Kier molecular flexibility index (Phi) is 3.68. The number of benzene rings is 1. The summed E-state index contributed by atoms with van der Waals surface area (Å²) in [6, 6.07) is 7.38. The quantitative estimate of drug-likeness (QED) is 0.792. The highest BCUT2D eigenvalue weighted by Crippen LogP contribution is 2.21. The van der Waals surface area contributed by atoms with Crippen LogP contribution < -0.4 is 5.73 Å². The molecular weight excluding hydrogens is 194 g/mol. The van der Waals surface area contributed by atoms with Gasteiger partial charge in [-0.1, -0.05) is 24.3 Å². The molecule has 1 aromatic rings. The summed E-state index contributed by atoms with van der Waals surface area (Å²) in [6.07, 6.45) is -2.38. The van der Waals surface area contributed by atoms with Crippen molar-refractivity contribution in [2.75, 3.05) is 0 Å². The minimum Gasteiger partial charge on any atom is -0.444 e. The van der Waals surface area contributed by atoms with E-state index in [0.29, 0.717) is 0 Å². The molecule has 0 aromatic heterocycles. The van der Waals surface area contributed by atoms with Crippen LogP contribution in [0.5, 0.6) is 0 Å². The van der Waals surface area contributed by atoms with Crippen LogP contribution in [0.4, 0.5) is 4.79 Å². The van der Waals surface area contributed by atoms with Gasteiger partial charge in [-0.25, -0.2) is 4.79 Å². The van der Waals surface area contributed by atoms with E-state index in [4.69, 9.17) is 10.5 Å². The van der Waals surface area contributed by atoms with Crippen LogP contribution in [0.3, 0.4) is 0 Å². The van der Waals surface area contributed by atoms with E-state index < -0.39 is 18.3 Å². The molecule has 0 saturated heterocycles. The zero-order chi connectivity index (χ0) is 11.4. The molecule has 0 spiro atoms. The summed E-state index contributed by atoms with van der Waals surface area (Å²) in [5.41, 5.74) is 6.57. The van der Waals surface area contributed by atoms with Crippen molar-refractivity contribution >= 4 is 6.09 Å². The number of aliphatic hydroxyl groups is 1. The van der Waals surface area contributed by atoms with Gasteiger partial charge in [-0.2, -0.15) is 0 Å². The molecule has 1 rings (SSSR count). The average Bonchev–Trinajstić information content (AvgIpc) is 2.16. The van der Waals surface area contributed by atoms with E-state index in [9.17, 15) is 9.90 Å². The monoisotopic (exact) mass is 209 g/mol. The Bertz CT molecular complexity index is 351. The van der Waals surface area contributed by atoms with Crippen LogP contribution in [0.1, 0.15) is 24.2 Å². The first-order valence-corrected chi connectivity index (χ1v) is 4.72. The number of carbonyl (C=O) groups is 1. The maximum absolute atomic E-state index is 10.5. The lowest BCUT2D eigenvalue weighted by molar-refractivity contribution is 0.0154. The minimum absolute atomic E-state index is 0.649. The largest absolute Gasteiger partial charge is 0.444 e. The van der Waals surface area contributed by atoms with Crippen LogP contribution in [-0.2, 0) is 4.74 Å². The first kappa shape index (κ1) is 11.5. The Morgan fingerprint density at radius 2 is 2.07 bits per heavy atom. The van der Waals surface area contributed by atoms with E-state index in [2.05, 4.69) is 0 Å². The first-order chi connectivity index (χ1) is 7.02. The summed E-state index contributed by atoms with van der Waals surface area (Å²) in [6.45, 7) is 3.48. The van der Waals surface area contributed by atoms with Gasteiger partial charge < -0.3 is 15.6 Å². The fourth-order valence-electron chi connectivity index (χ4n) is 1.42. The molecule has 0 aliphatic carbocycles. The normalized spacial score (nSPS) is 14.3. The highest BCUT2D eigenvalue weighted by atomic mass is 16.6. The number of ether oxygens (including phenoxy) is 1. The lowest BCUT2D eigenvalue weighted by atomic mass is 10.0. The van der Waals surface area contributed by atoms with Crippen molar-refractivity contribution in [1.82, 2.24) is 0 Å². The predicted molar refractivity (Wildman–Crippen MR) is 56.3 cm³/mol. The Labute approximate surface area is 88.7 Å². The van der Waals surface area contributed by atoms with Crippen molar-refractivity contribution in [2.24, 2.45) is 5.73 Å². The second-order valence-electron chi connectivity index (χ2n) is 3.44. The maximum atomic E-state index is 10.5. The van der Waals surface area contributed by atoms with Crippen LogP contribution >= 0.6 is 0 Å². The number of aliphatic hydroxyl groups excluding tert-OH is 1. The Morgan fingerprint density at radius 3 is 2.60 bits per heavy atom. The van der Waals surface area contributed by atoms with E-state index >= 15 is 0 Å². The molecule has 4 heteroatoms. The van der Waals surface area contributed by atoms with Crippen LogP contribution in [0.15, 0.2) is 24.3 Å². The van der Waals surface area contributed by atoms with Gasteiger partial charge in [0.05, 0.1) is 0 Å². The second kappa shape index (κ2) is 4.79. The van der Waals surface area contributed by atoms with E-state index in [1.54, 1.807) is 13.0 Å². The molecule has 4 nitrogen and oxygen atoms in total. The number of aryl methyl sites for hydroxylation is 1. The molecule has 0 bridgehead atoms. The summed E-state index contributed by atoms with van der Waals surface area (Å²) >= 11 is 0. The van der Waals surface area contributed by atoms with E-state index in [0.717, 1.165) is 11.1 Å². The van der Waals surface area contributed by atoms with E-state index in [1.165, 1.54) is 0 Å². The van der Waals surface area contributed by atoms with E-state index in [1.807, 2.05) is 25.1 Å². The fraction of sp³-hybridized carbons (Fsp3) is 0.364. The fourth-order valence-corrected chi connectivity index (χ4v) is 1.42. The summed E-state index contributed by atoms with van der Waals surface area (Å²) < 4.78 is 4.71. The minimum atomic E-state index is -0.880. The summed E-state index contributed by atoms with van der Waals surface area (Å²) in [4.78, 5) is 10.5. The van der Waals surface area contributed by atoms with Gasteiger partial charge in [-0.05, 0) is 25.0 Å². The summed E-state index contributed by atoms with van der Waals surface area (Å²) in [5.74, 6) is 0. The van der Waals surface area contributed by atoms with Crippen molar-refractivity contribution in [3.8, 4) is 0 Å². The lowest BCUT2D eigenvalue weighted by Crippen LogP contribution is -2.26. The van der Waals surface area contributed by atoms with Crippen molar-refractivity contribution in [1.29, 1.82) is 0 Å². The topological polar surface area (TPSA) is 72.6 Å². The molecule has 3 N–H and O–H groups in total. The SMILES string of the molecule is Cc1ccccc1[C@@H](O)[C@@H](C)OC(N)=O. The third-order valence-corrected chi connectivity index (χ3v) is 2.25. The molecule has 15 heavy (non-hydrogen) atoms. The number of nitrogens with two attached hydrogens (primary N) is 1. The zero-order valence-electron chi connectivity index (χ0n) is 8.81. The van der Waals surface area contributed by atoms with Gasteiger partial charge in [-0.15, -0.1) is 0 Å². The molecule has 0 unspecified atom stereocenters. The smallest absolute Gasteiger partial charge is 0.404 e. The Hall–Kier alpha value is -1.55. The second-order valence-corrected chi connectivity index (χ2v) is 3.44. The van der Waals surface area contributed by atoms with Gasteiger partial charge in [0.2, 0.25) is 0 Å². The number of carbonyl (C=O) groups excluding carboxylic acids is 1. The van der Waals surface area contributed by atoms with Crippen LogP contribution in [0.25, 0.3) is 0 Å². The molecule has 0 aliphatic rings. The molecule has 82 valence electrons. The number of hydrogen-bond acceptors (Lipinski definition) is 3. The molecule has 0 saturated carbocycles. The van der Waals surface area contributed by atoms with Gasteiger partial charge in [-0.3, -0.25) is 0 Å². The van der Waals surface area contributed by atoms with Gasteiger partial charge in [0, 0.05) is 0 Å². The molecule has 1 aromatic carbocycles. The number of rotatable bonds is 3. The summed E-state index contributed by atoms with van der Waals surface area (Å²) in [7, 11) is 0.